The highest BCUT2D eigenvalue weighted by atomic mass is 79.9. The van der Waals surface area contributed by atoms with Crippen LogP contribution in [0.5, 0.6) is 0 Å². The van der Waals surface area contributed by atoms with Gasteiger partial charge in [0.15, 0.2) is 0 Å². The number of rotatable bonds is 6. The average Bonchev–Trinajstić information content (AvgIpc) is 2.40. The van der Waals surface area contributed by atoms with E-state index in [1.54, 1.807) is 13.1 Å². The third kappa shape index (κ3) is 4.06. The van der Waals surface area contributed by atoms with Gasteiger partial charge in [0.25, 0.3) is 5.56 Å². The zero-order chi connectivity index (χ0) is 15.3. The molecule has 0 aromatic carbocycles. The predicted octanol–water partition coefficient (Wildman–Crippen LogP) is 1.91. The number of nitrogens with one attached hydrogen (secondary N) is 2. The van der Waals surface area contributed by atoms with E-state index in [2.05, 4.69) is 31.7 Å². The first kappa shape index (κ1) is 16.7. The molecule has 1 amide bonds. The van der Waals surface area contributed by atoms with Crippen molar-refractivity contribution < 1.29 is 4.79 Å². The number of hydrogen-bond donors (Lipinski definition) is 2. The first-order valence-corrected chi connectivity index (χ1v) is 7.49. The van der Waals surface area contributed by atoms with Gasteiger partial charge in [-0.2, -0.15) is 5.10 Å². The maximum atomic E-state index is 12.1. The summed E-state index contributed by atoms with van der Waals surface area (Å²) in [6, 6.07) is -0.452. The Morgan fingerprint density at radius 3 is 2.65 bits per heavy atom. The van der Waals surface area contributed by atoms with Crippen molar-refractivity contribution in [1.29, 1.82) is 0 Å². The number of aromatic nitrogens is 2. The minimum absolute atomic E-state index is 0.0156. The van der Waals surface area contributed by atoms with Crippen molar-refractivity contribution >= 4 is 27.5 Å². The van der Waals surface area contributed by atoms with Gasteiger partial charge in [0.2, 0.25) is 5.91 Å². The van der Waals surface area contributed by atoms with Crippen LogP contribution >= 0.6 is 15.9 Å². The van der Waals surface area contributed by atoms with Crippen LogP contribution in [0, 0.1) is 0 Å². The molecule has 1 aromatic rings. The second-order valence-electron chi connectivity index (χ2n) is 4.87. The topological polar surface area (TPSA) is 76.0 Å². The summed E-state index contributed by atoms with van der Waals surface area (Å²) >= 11 is 3.26. The van der Waals surface area contributed by atoms with E-state index in [9.17, 15) is 9.59 Å². The Hall–Kier alpha value is -1.37. The second-order valence-corrected chi connectivity index (χ2v) is 5.67. The molecule has 0 aliphatic carbocycles. The van der Waals surface area contributed by atoms with Crippen LogP contribution in [0.3, 0.4) is 0 Å². The number of amides is 1. The summed E-state index contributed by atoms with van der Waals surface area (Å²) in [5.74, 6) is -0.105. The van der Waals surface area contributed by atoms with E-state index in [1.165, 1.54) is 4.68 Å². The van der Waals surface area contributed by atoms with Crippen molar-refractivity contribution in [3.8, 4) is 0 Å². The van der Waals surface area contributed by atoms with Crippen molar-refractivity contribution in [2.75, 3.05) is 11.9 Å². The number of halogens is 1. The summed E-state index contributed by atoms with van der Waals surface area (Å²) in [6.07, 6.45) is 2.43. The average molecular weight is 345 g/mol. The fourth-order valence-corrected chi connectivity index (χ4v) is 2.01. The van der Waals surface area contributed by atoms with Gasteiger partial charge < -0.3 is 10.6 Å². The van der Waals surface area contributed by atoms with Gasteiger partial charge >= 0.3 is 0 Å². The fraction of sp³-hybridized carbons (Fsp3) is 0.615. The molecule has 6 nitrogen and oxygen atoms in total. The highest BCUT2D eigenvalue weighted by Gasteiger charge is 2.16. The lowest BCUT2D eigenvalue weighted by molar-refractivity contribution is -0.121. The number of nitrogens with zero attached hydrogens (tertiary/aromatic N) is 2. The van der Waals surface area contributed by atoms with Crippen molar-refractivity contribution in [3.63, 3.8) is 0 Å². The van der Waals surface area contributed by atoms with Crippen LogP contribution in [0.25, 0.3) is 0 Å². The van der Waals surface area contributed by atoms with Crippen LogP contribution < -0.4 is 16.2 Å². The van der Waals surface area contributed by atoms with E-state index in [-0.39, 0.29) is 17.5 Å². The molecule has 112 valence electrons. The van der Waals surface area contributed by atoms with Gasteiger partial charge in [-0.1, -0.05) is 6.92 Å². The van der Waals surface area contributed by atoms with Gasteiger partial charge in [0.1, 0.15) is 10.5 Å². The molecule has 20 heavy (non-hydrogen) atoms. The molecular weight excluding hydrogens is 324 g/mol. The monoisotopic (exact) mass is 344 g/mol. The first-order chi connectivity index (χ1) is 9.38. The Kier molecular flexibility index (Phi) is 6.19. The minimum atomic E-state index is -0.436. The number of carbonyl (C=O) groups is 1. The zero-order valence-electron chi connectivity index (χ0n) is 12.2. The van der Waals surface area contributed by atoms with E-state index < -0.39 is 6.04 Å². The van der Waals surface area contributed by atoms with Crippen molar-refractivity contribution in [1.82, 2.24) is 15.1 Å². The molecule has 0 radical (unpaired) electrons. The smallest absolute Gasteiger partial charge is 0.283 e. The van der Waals surface area contributed by atoms with Crippen molar-refractivity contribution in [2.24, 2.45) is 0 Å². The van der Waals surface area contributed by atoms with E-state index in [0.29, 0.717) is 16.7 Å². The Bertz CT molecular complexity index is 528. The van der Waals surface area contributed by atoms with Crippen LogP contribution in [-0.2, 0) is 4.79 Å². The highest BCUT2D eigenvalue weighted by molar-refractivity contribution is 9.10. The Balaban J connectivity index is 2.86. The predicted molar refractivity (Wildman–Crippen MR) is 83.0 cm³/mol. The van der Waals surface area contributed by atoms with Crippen molar-refractivity contribution in [3.05, 3.63) is 21.0 Å². The van der Waals surface area contributed by atoms with Crippen LogP contribution in [0.1, 0.15) is 40.2 Å². The molecule has 0 spiro atoms. The van der Waals surface area contributed by atoms with Gasteiger partial charge in [0.05, 0.1) is 17.9 Å². The van der Waals surface area contributed by atoms with Crippen LogP contribution in [0.2, 0.25) is 0 Å². The highest BCUT2D eigenvalue weighted by Crippen LogP contribution is 2.18. The molecule has 0 bridgehead atoms. The van der Waals surface area contributed by atoms with Gasteiger partial charge in [0, 0.05) is 6.54 Å². The summed E-state index contributed by atoms with van der Waals surface area (Å²) in [4.78, 5) is 23.9. The van der Waals surface area contributed by atoms with Crippen LogP contribution in [0.15, 0.2) is 15.5 Å². The summed E-state index contributed by atoms with van der Waals surface area (Å²) in [5.41, 5.74) is 0.303. The minimum Gasteiger partial charge on any atom is -0.372 e. The van der Waals surface area contributed by atoms with E-state index in [0.717, 1.165) is 6.42 Å². The first-order valence-electron chi connectivity index (χ1n) is 6.70. The third-order valence-electron chi connectivity index (χ3n) is 2.75. The Morgan fingerprint density at radius 1 is 1.45 bits per heavy atom. The molecule has 1 heterocycles. The number of carbonyl (C=O) groups excluding carboxylic acids is 1. The molecule has 1 atom stereocenters. The Labute approximate surface area is 127 Å². The SMILES string of the molecule is CCCNC(=O)C(C)Nc1cnn(C(C)C)c(=O)c1Br. The van der Waals surface area contributed by atoms with Crippen LogP contribution in [-0.4, -0.2) is 28.3 Å². The summed E-state index contributed by atoms with van der Waals surface area (Å²) in [6.45, 7) is 8.14. The number of hydrogen-bond acceptors (Lipinski definition) is 4. The molecule has 1 rings (SSSR count). The van der Waals surface area contributed by atoms with E-state index in [4.69, 9.17) is 0 Å². The lowest BCUT2D eigenvalue weighted by Crippen LogP contribution is -2.38. The van der Waals surface area contributed by atoms with Crippen molar-refractivity contribution in [2.45, 2.75) is 46.2 Å². The molecule has 0 aliphatic rings. The van der Waals surface area contributed by atoms with E-state index >= 15 is 0 Å². The Morgan fingerprint density at radius 2 is 2.10 bits per heavy atom. The van der Waals surface area contributed by atoms with Gasteiger partial charge in [-0.15, -0.1) is 0 Å². The molecule has 0 aliphatic heterocycles. The zero-order valence-corrected chi connectivity index (χ0v) is 13.8. The maximum Gasteiger partial charge on any atom is 0.283 e. The molecule has 0 saturated carbocycles. The van der Waals surface area contributed by atoms with Gasteiger partial charge in [-0.25, -0.2) is 4.68 Å². The lowest BCUT2D eigenvalue weighted by atomic mass is 10.3. The summed E-state index contributed by atoms with van der Waals surface area (Å²) < 4.78 is 1.77. The molecule has 7 heteroatoms. The quantitative estimate of drug-likeness (QED) is 0.826. The molecule has 1 unspecified atom stereocenters. The molecule has 0 saturated heterocycles. The third-order valence-corrected chi connectivity index (χ3v) is 3.51. The van der Waals surface area contributed by atoms with Crippen LogP contribution in [0.4, 0.5) is 5.69 Å². The fourth-order valence-electron chi connectivity index (χ4n) is 1.61. The van der Waals surface area contributed by atoms with E-state index in [1.807, 2.05) is 20.8 Å². The molecule has 2 N–H and O–H groups in total. The van der Waals surface area contributed by atoms with Gasteiger partial charge in [-0.3, -0.25) is 9.59 Å². The normalized spacial score (nSPS) is 12.3. The second kappa shape index (κ2) is 7.42. The maximum absolute atomic E-state index is 12.1. The molecule has 1 aromatic heterocycles. The lowest BCUT2D eigenvalue weighted by Gasteiger charge is -2.17. The summed E-state index contributed by atoms with van der Waals surface area (Å²) in [5, 5.41) is 9.88. The molecular formula is C13H21BrN4O2. The largest absolute Gasteiger partial charge is 0.372 e. The standard InChI is InChI=1S/C13H21BrN4O2/c1-5-6-15-12(19)9(4)17-10-7-16-18(8(2)3)13(20)11(10)14/h7-9,17H,5-6H2,1-4H3,(H,15,19). The van der Waals surface area contributed by atoms with Gasteiger partial charge in [-0.05, 0) is 43.1 Å². The molecule has 0 fully saturated rings. The number of anilines is 1. The summed E-state index contributed by atoms with van der Waals surface area (Å²) in [7, 11) is 0.